The molecule has 0 spiro atoms. The summed E-state index contributed by atoms with van der Waals surface area (Å²) in [6, 6.07) is 9.09. The second kappa shape index (κ2) is 13.1. The van der Waals surface area contributed by atoms with E-state index in [9.17, 15) is 9.59 Å². The normalized spacial score (nSPS) is 16.4. The molecular weight excluding hydrogens is 404 g/mol. The number of hydrogen-bond acceptors (Lipinski definition) is 5. The number of alkyl carbamates (subject to hydrolysis) is 1. The Balaban J connectivity index is 1.93. The molecule has 1 aromatic rings. The van der Waals surface area contributed by atoms with E-state index in [0.29, 0.717) is 11.0 Å². The van der Waals surface area contributed by atoms with Crippen LogP contribution in [0.25, 0.3) is 0 Å². The molecule has 0 saturated carbocycles. The molecule has 1 aliphatic rings. The molecule has 1 aliphatic heterocycles. The Kier molecular flexibility index (Phi) is 10.8. The van der Waals surface area contributed by atoms with E-state index in [0.717, 1.165) is 36.3 Å². The highest BCUT2D eigenvalue weighted by Crippen LogP contribution is 2.35. The van der Waals surface area contributed by atoms with Crippen molar-refractivity contribution >= 4 is 35.5 Å². The molecule has 1 aromatic carbocycles. The highest BCUT2D eigenvalue weighted by Gasteiger charge is 2.30. The lowest BCUT2D eigenvalue weighted by atomic mass is 10.0. The van der Waals surface area contributed by atoms with Crippen LogP contribution in [-0.2, 0) is 16.1 Å². The zero-order chi connectivity index (χ0) is 21.1. The zero-order valence-electron chi connectivity index (χ0n) is 17.7. The van der Waals surface area contributed by atoms with Gasteiger partial charge in [-0.25, -0.2) is 4.79 Å². The molecule has 162 valence electrons. The third-order valence-electron chi connectivity index (χ3n) is 4.70. The summed E-state index contributed by atoms with van der Waals surface area (Å²) in [6.45, 7) is 6.46. The molecule has 2 N–H and O–H groups in total. The van der Waals surface area contributed by atoms with Crippen molar-refractivity contribution in [1.82, 2.24) is 10.6 Å². The quantitative estimate of drug-likeness (QED) is 0.519. The van der Waals surface area contributed by atoms with Gasteiger partial charge in [-0.3, -0.25) is 4.79 Å². The molecule has 0 bridgehead atoms. The number of hydrogen-bond donors (Lipinski definition) is 2. The molecule has 1 saturated heterocycles. The predicted octanol–water partition coefficient (Wildman–Crippen LogP) is 4.81. The Morgan fingerprint density at radius 1 is 1.14 bits per heavy atom. The number of amides is 2. The van der Waals surface area contributed by atoms with E-state index < -0.39 is 12.1 Å². The van der Waals surface area contributed by atoms with Crippen LogP contribution in [0.5, 0.6) is 0 Å². The monoisotopic (exact) mass is 438 g/mol. The van der Waals surface area contributed by atoms with Crippen molar-refractivity contribution in [3.8, 4) is 0 Å². The van der Waals surface area contributed by atoms with Gasteiger partial charge in [-0.05, 0) is 24.3 Å². The van der Waals surface area contributed by atoms with E-state index in [1.807, 2.05) is 53.9 Å². The molecule has 1 fully saturated rings. The molecule has 7 heteroatoms. The Bertz CT molecular complexity index is 622. The minimum Gasteiger partial charge on any atom is -0.445 e. The van der Waals surface area contributed by atoms with Crippen molar-refractivity contribution in [1.29, 1.82) is 0 Å². The van der Waals surface area contributed by atoms with Gasteiger partial charge < -0.3 is 15.4 Å². The maximum absolute atomic E-state index is 13.0. The van der Waals surface area contributed by atoms with Crippen molar-refractivity contribution in [3.05, 3.63) is 35.9 Å². The molecule has 0 aliphatic carbocycles. The van der Waals surface area contributed by atoms with Crippen molar-refractivity contribution < 1.29 is 14.3 Å². The number of benzene rings is 1. The topological polar surface area (TPSA) is 67.4 Å². The van der Waals surface area contributed by atoms with Crippen LogP contribution in [0.1, 0.15) is 52.0 Å². The second-order valence-electron chi connectivity index (χ2n) is 7.76. The number of thioether (sulfide) groups is 2. The Labute approximate surface area is 183 Å². The summed E-state index contributed by atoms with van der Waals surface area (Å²) >= 11 is 3.85. The van der Waals surface area contributed by atoms with E-state index in [4.69, 9.17) is 4.74 Å². The van der Waals surface area contributed by atoms with E-state index in [1.54, 1.807) is 0 Å². The second-order valence-corrected chi connectivity index (χ2v) is 10.6. The van der Waals surface area contributed by atoms with Crippen molar-refractivity contribution in [2.75, 3.05) is 11.5 Å². The number of carbonyl (C=O) groups is 2. The summed E-state index contributed by atoms with van der Waals surface area (Å²) in [6.07, 6.45) is 3.19. The van der Waals surface area contributed by atoms with Gasteiger partial charge in [0, 0.05) is 17.5 Å². The van der Waals surface area contributed by atoms with Crippen LogP contribution in [0.15, 0.2) is 30.3 Å². The predicted molar refractivity (Wildman–Crippen MR) is 123 cm³/mol. The summed E-state index contributed by atoms with van der Waals surface area (Å²) in [4.78, 5) is 25.3. The Morgan fingerprint density at radius 3 is 2.45 bits per heavy atom. The largest absolute Gasteiger partial charge is 0.445 e. The number of ether oxygens (including phenoxy) is 1. The molecule has 0 aromatic heterocycles. The summed E-state index contributed by atoms with van der Waals surface area (Å²) in [5.74, 6) is 2.44. The van der Waals surface area contributed by atoms with Gasteiger partial charge in [-0.1, -0.05) is 63.9 Å². The molecule has 2 amide bonds. The van der Waals surface area contributed by atoms with Crippen molar-refractivity contribution in [2.45, 2.75) is 69.7 Å². The van der Waals surface area contributed by atoms with Crippen LogP contribution in [-0.4, -0.2) is 40.2 Å². The fourth-order valence-corrected chi connectivity index (χ4v) is 6.27. The van der Waals surface area contributed by atoms with Crippen molar-refractivity contribution in [3.63, 3.8) is 0 Å². The lowest BCUT2D eigenvalue weighted by molar-refractivity contribution is -0.124. The van der Waals surface area contributed by atoms with E-state index >= 15 is 0 Å². The first-order chi connectivity index (χ1) is 14.0. The SMILES string of the molecule is CCCCC(NC(=O)[C@H](CC(C)C)NC(=O)OCc1ccccc1)C1SCCS1. The Morgan fingerprint density at radius 2 is 1.83 bits per heavy atom. The van der Waals surface area contributed by atoms with E-state index in [-0.39, 0.29) is 24.5 Å². The number of unbranched alkanes of at least 4 members (excludes halogenated alkanes) is 1. The first-order valence-corrected chi connectivity index (χ1v) is 12.6. The van der Waals surface area contributed by atoms with Crippen LogP contribution in [0.2, 0.25) is 0 Å². The number of rotatable bonds is 11. The Hall–Kier alpha value is -1.34. The van der Waals surface area contributed by atoms with Gasteiger partial charge in [0.1, 0.15) is 12.6 Å². The lowest BCUT2D eigenvalue weighted by Crippen LogP contribution is -2.52. The maximum atomic E-state index is 13.0. The average Bonchev–Trinajstić information content (AvgIpc) is 3.24. The zero-order valence-corrected chi connectivity index (χ0v) is 19.3. The third-order valence-corrected chi connectivity index (χ3v) is 7.97. The van der Waals surface area contributed by atoms with E-state index in [2.05, 4.69) is 31.4 Å². The summed E-state index contributed by atoms with van der Waals surface area (Å²) < 4.78 is 5.72. The van der Waals surface area contributed by atoms with Gasteiger partial charge in [0.15, 0.2) is 0 Å². The molecule has 1 unspecified atom stereocenters. The van der Waals surface area contributed by atoms with E-state index in [1.165, 1.54) is 0 Å². The molecular formula is C22H34N2O3S2. The minimum absolute atomic E-state index is 0.107. The van der Waals surface area contributed by atoms with Gasteiger partial charge >= 0.3 is 6.09 Å². The van der Waals surface area contributed by atoms with Gasteiger partial charge in [-0.15, -0.1) is 23.5 Å². The van der Waals surface area contributed by atoms with Gasteiger partial charge in [-0.2, -0.15) is 0 Å². The number of carbonyl (C=O) groups excluding carboxylic acids is 2. The fraction of sp³-hybridized carbons (Fsp3) is 0.636. The van der Waals surface area contributed by atoms with Crippen LogP contribution >= 0.6 is 23.5 Å². The molecule has 2 atom stereocenters. The van der Waals surface area contributed by atoms with Gasteiger partial charge in [0.25, 0.3) is 0 Å². The highest BCUT2D eigenvalue weighted by molar-refractivity contribution is 8.20. The molecule has 0 radical (unpaired) electrons. The maximum Gasteiger partial charge on any atom is 0.408 e. The molecule has 29 heavy (non-hydrogen) atoms. The standard InChI is InChI=1S/C22H34N2O3S2/c1-4-5-11-18(21-28-12-13-29-21)23-20(25)19(14-16(2)3)24-22(26)27-15-17-9-7-6-8-10-17/h6-10,16,18-19,21H,4-5,11-15H2,1-3H3,(H,23,25)(H,24,26)/t18?,19-/m0/s1. The molecule has 1 heterocycles. The molecule has 2 rings (SSSR count). The summed E-state index contributed by atoms with van der Waals surface area (Å²) in [5.41, 5.74) is 0.919. The fourth-order valence-electron chi connectivity index (χ4n) is 3.20. The highest BCUT2D eigenvalue weighted by atomic mass is 32.2. The van der Waals surface area contributed by atoms with Gasteiger partial charge in [0.2, 0.25) is 5.91 Å². The van der Waals surface area contributed by atoms with Gasteiger partial charge in [0.05, 0.1) is 4.58 Å². The van der Waals surface area contributed by atoms with Crippen LogP contribution < -0.4 is 10.6 Å². The summed E-state index contributed by atoms with van der Waals surface area (Å²) in [7, 11) is 0. The van der Waals surface area contributed by atoms with Crippen molar-refractivity contribution in [2.24, 2.45) is 5.92 Å². The van der Waals surface area contributed by atoms with Crippen LogP contribution in [0, 0.1) is 5.92 Å². The third kappa shape index (κ3) is 8.91. The average molecular weight is 439 g/mol. The first kappa shape index (κ1) is 23.9. The lowest BCUT2D eigenvalue weighted by Gasteiger charge is -2.27. The minimum atomic E-state index is -0.584. The molecule has 5 nitrogen and oxygen atoms in total. The summed E-state index contributed by atoms with van der Waals surface area (Å²) in [5, 5.41) is 6.01. The smallest absolute Gasteiger partial charge is 0.408 e. The van der Waals surface area contributed by atoms with Crippen LogP contribution in [0.3, 0.4) is 0 Å². The number of nitrogens with one attached hydrogen (secondary N) is 2. The van der Waals surface area contributed by atoms with Crippen LogP contribution in [0.4, 0.5) is 4.79 Å². The first-order valence-electron chi connectivity index (χ1n) is 10.5.